The Morgan fingerprint density at radius 2 is 1.90 bits per heavy atom. The third kappa shape index (κ3) is 5.09. The highest BCUT2D eigenvalue weighted by molar-refractivity contribution is 6.30. The van der Waals surface area contributed by atoms with Crippen LogP contribution in [0.25, 0.3) is 0 Å². The molecule has 5 nitrogen and oxygen atoms in total. The van der Waals surface area contributed by atoms with E-state index >= 15 is 0 Å². The van der Waals surface area contributed by atoms with Gasteiger partial charge in [-0.05, 0) is 23.6 Å². The summed E-state index contributed by atoms with van der Waals surface area (Å²) in [4.78, 5) is 22.7. The fraction of sp³-hybridized carbons (Fsp3) is 0.429. The van der Waals surface area contributed by atoms with Gasteiger partial charge in [-0.2, -0.15) is 0 Å². The van der Waals surface area contributed by atoms with Gasteiger partial charge in [-0.25, -0.2) is 4.79 Å². The summed E-state index contributed by atoms with van der Waals surface area (Å²) in [6, 6.07) is 5.49. The van der Waals surface area contributed by atoms with Crippen molar-refractivity contribution in [3.8, 4) is 0 Å². The van der Waals surface area contributed by atoms with Crippen molar-refractivity contribution in [2.24, 2.45) is 5.92 Å². The highest BCUT2D eigenvalue weighted by Gasteiger charge is 2.19. The number of hydrogen-bond acceptors (Lipinski definition) is 3. The monoisotopic (exact) mass is 297 g/mol. The van der Waals surface area contributed by atoms with E-state index in [0.29, 0.717) is 18.0 Å². The van der Waals surface area contributed by atoms with Crippen molar-refractivity contribution in [1.29, 1.82) is 0 Å². The molecule has 0 unspecified atom stereocenters. The van der Waals surface area contributed by atoms with Crippen molar-refractivity contribution in [2.75, 3.05) is 0 Å². The van der Waals surface area contributed by atoms with E-state index in [9.17, 15) is 14.7 Å². The molecule has 1 aromatic rings. The molecule has 0 aliphatic carbocycles. The van der Waals surface area contributed by atoms with Gasteiger partial charge in [0.1, 0.15) is 0 Å². The number of carboxylic acid groups (broad SMARTS) is 1. The molecule has 0 aliphatic heterocycles. The van der Waals surface area contributed by atoms with E-state index in [1.807, 2.05) is 6.92 Å². The van der Waals surface area contributed by atoms with Crippen molar-refractivity contribution in [2.45, 2.75) is 32.9 Å². The molecule has 1 rings (SSSR count). The standard InChI is InChI=1S/C14H19ClN2O3/c1-3-9(2)12(13(18)19)17-14(20)16-8-10-4-6-11(15)7-5-10/h4-7,9,12H,3,8H2,1-2H3,(H,18,19)(H2,16,17,20)/p-1/t9-,12+/m1/s1. The third-order valence-electron chi connectivity index (χ3n) is 3.12. The Morgan fingerprint density at radius 1 is 1.30 bits per heavy atom. The van der Waals surface area contributed by atoms with Crippen molar-refractivity contribution in [3.63, 3.8) is 0 Å². The van der Waals surface area contributed by atoms with Gasteiger partial charge >= 0.3 is 6.03 Å². The number of carboxylic acids is 1. The summed E-state index contributed by atoms with van der Waals surface area (Å²) in [6.07, 6.45) is 0.635. The Hall–Kier alpha value is -1.75. The van der Waals surface area contributed by atoms with Gasteiger partial charge < -0.3 is 20.5 Å². The molecule has 110 valence electrons. The fourth-order valence-electron chi connectivity index (χ4n) is 1.65. The minimum atomic E-state index is -1.28. The smallest absolute Gasteiger partial charge is 0.315 e. The number of urea groups is 1. The number of rotatable bonds is 6. The molecule has 0 fully saturated rings. The molecule has 0 spiro atoms. The van der Waals surface area contributed by atoms with E-state index in [4.69, 9.17) is 11.6 Å². The minimum absolute atomic E-state index is 0.193. The van der Waals surface area contributed by atoms with E-state index < -0.39 is 18.0 Å². The second-order valence-electron chi connectivity index (χ2n) is 4.64. The van der Waals surface area contributed by atoms with E-state index in [0.717, 1.165) is 5.56 Å². The average molecular weight is 298 g/mol. The van der Waals surface area contributed by atoms with Gasteiger partial charge in [0, 0.05) is 11.6 Å². The molecule has 0 saturated heterocycles. The molecular formula is C14H18ClN2O3-. The van der Waals surface area contributed by atoms with Crippen LogP contribution in [-0.4, -0.2) is 18.0 Å². The predicted octanol–water partition coefficient (Wildman–Crippen LogP) is 1.30. The largest absolute Gasteiger partial charge is 0.548 e. The van der Waals surface area contributed by atoms with Crippen LogP contribution >= 0.6 is 11.6 Å². The zero-order valence-corrected chi connectivity index (χ0v) is 12.2. The van der Waals surface area contributed by atoms with Crippen LogP contribution in [0, 0.1) is 5.92 Å². The van der Waals surface area contributed by atoms with E-state index in [1.165, 1.54) is 0 Å². The van der Waals surface area contributed by atoms with E-state index in [2.05, 4.69) is 10.6 Å². The first-order valence-corrected chi connectivity index (χ1v) is 6.81. The SMILES string of the molecule is CC[C@@H](C)[C@H](NC(=O)NCc1ccc(Cl)cc1)C(=O)[O-]. The summed E-state index contributed by atoms with van der Waals surface area (Å²) < 4.78 is 0. The first-order chi connectivity index (χ1) is 9.43. The molecular weight excluding hydrogens is 280 g/mol. The molecule has 1 aromatic carbocycles. The molecule has 20 heavy (non-hydrogen) atoms. The maximum atomic E-state index is 11.7. The first-order valence-electron chi connectivity index (χ1n) is 6.43. The zero-order chi connectivity index (χ0) is 15.1. The lowest BCUT2D eigenvalue weighted by Gasteiger charge is -2.25. The molecule has 0 aliphatic rings. The lowest BCUT2D eigenvalue weighted by molar-refractivity contribution is -0.309. The molecule has 2 N–H and O–H groups in total. The average Bonchev–Trinajstić information content (AvgIpc) is 2.43. The Bertz CT molecular complexity index is 462. The summed E-state index contributed by atoms with van der Waals surface area (Å²) in [5.41, 5.74) is 0.873. The first kappa shape index (κ1) is 16.3. The number of hydrogen-bond donors (Lipinski definition) is 2. The molecule has 0 heterocycles. The topological polar surface area (TPSA) is 81.3 Å². The number of carbonyl (C=O) groups excluding carboxylic acids is 2. The van der Waals surface area contributed by atoms with Gasteiger partial charge in [0.2, 0.25) is 0 Å². The van der Waals surface area contributed by atoms with Crippen LogP contribution in [0.15, 0.2) is 24.3 Å². The molecule has 6 heteroatoms. The number of halogens is 1. The van der Waals surface area contributed by atoms with E-state index in [-0.39, 0.29) is 5.92 Å². The molecule has 2 atom stereocenters. The van der Waals surface area contributed by atoms with Gasteiger partial charge in [-0.3, -0.25) is 0 Å². The highest BCUT2D eigenvalue weighted by atomic mass is 35.5. The normalized spacial score (nSPS) is 13.3. The van der Waals surface area contributed by atoms with Crippen LogP contribution in [-0.2, 0) is 11.3 Å². The summed E-state index contributed by atoms with van der Waals surface area (Å²) in [6.45, 7) is 3.90. The summed E-state index contributed by atoms with van der Waals surface area (Å²) >= 11 is 5.76. The summed E-state index contributed by atoms with van der Waals surface area (Å²) in [5.74, 6) is -1.47. The van der Waals surface area contributed by atoms with Crippen LogP contribution in [0.2, 0.25) is 5.02 Å². The minimum Gasteiger partial charge on any atom is -0.548 e. The summed E-state index contributed by atoms with van der Waals surface area (Å²) in [5, 5.41) is 16.6. The van der Waals surface area contributed by atoms with Gasteiger partial charge in [0.25, 0.3) is 0 Å². The Labute approximate surface area is 123 Å². The summed E-state index contributed by atoms with van der Waals surface area (Å²) in [7, 11) is 0. The Morgan fingerprint density at radius 3 is 2.40 bits per heavy atom. The van der Waals surface area contributed by atoms with Crippen LogP contribution in [0.4, 0.5) is 4.79 Å². The molecule has 0 aromatic heterocycles. The number of benzene rings is 1. The van der Waals surface area contributed by atoms with Crippen LogP contribution < -0.4 is 15.7 Å². The van der Waals surface area contributed by atoms with Crippen molar-refractivity contribution in [3.05, 3.63) is 34.9 Å². The van der Waals surface area contributed by atoms with Gasteiger partial charge in [-0.1, -0.05) is 44.0 Å². The quantitative estimate of drug-likeness (QED) is 0.830. The Balaban J connectivity index is 2.49. The maximum Gasteiger partial charge on any atom is 0.315 e. The number of carbonyl (C=O) groups is 2. The van der Waals surface area contributed by atoms with Crippen molar-refractivity contribution in [1.82, 2.24) is 10.6 Å². The van der Waals surface area contributed by atoms with Crippen LogP contribution in [0.3, 0.4) is 0 Å². The number of nitrogens with one attached hydrogen (secondary N) is 2. The van der Waals surface area contributed by atoms with Gasteiger partial charge in [0.05, 0.1) is 12.0 Å². The van der Waals surface area contributed by atoms with Crippen molar-refractivity contribution < 1.29 is 14.7 Å². The molecule has 2 amide bonds. The number of amides is 2. The zero-order valence-electron chi connectivity index (χ0n) is 11.5. The van der Waals surface area contributed by atoms with E-state index in [1.54, 1.807) is 31.2 Å². The maximum absolute atomic E-state index is 11.7. The molecule has 0 bridgehead atoms. The second-order valence-corrected chi connectivity index (χ2v) is 5.07. The van der Waals surface area contributed by atoms with Crippen LogP contribution in [0.1, 0.15) is 25.8 Å². The Kier molecular flexibility index (Phi) is 6.31. The van der Waals surface area contributed by atoms with Crippen LogP contribution in [0.5, 0.6) is 0 Å². The lowest BCUT2D eigenvalue weighted by atomic mass is 9.99. The molecule has 0 saturated carbocycles. The highest BCUT2D eigenvalue weighted by Crippen LogP contribution is 2.09. The van der Waals surface area contributed by atoms with Crippen molar-refractivity contribution >= 4 is 23.6 Å². The lowest BCUT2D eigenvalue weighted by Crippen LogP contribution is -2.53. The van der Waals surface area contributed by atoms with Gasteiger partial charge in [-0.15, -0.1) is 0 Å². The fourth-order valence-corrected chi connectivity index (χ4v) is 1.77. The van der Waals surface area contributed by atoms with Gasteiger partial charge in [0.15, 0.2) is 0 Å². The third-order valence-corrected chi connectivity index (χ3v) is 3.37. The second kappa shape index (κ2) is 7.75. The predicted molar refractivity (Wildman–Crippen MR) is 75.1 cm³/mol. The number of aliphatic carboxylic acids is 1. The molecule has 0 radical (unpaired) electrons.